The molecule has 1 N–H and O–H groups in total. The van der Waals surface area contributed by atoms with Crippen molar-refractivity contribution >= 4 is 15.9 Å². The van der Waals surface area contributed by atoms with Crippen molar-refractivity contribution in [1.82, 2.24) is 9.62 Å². The highest BCUT2D eigenvalue weighted by molar-refractivity contribution is 7.89. The van der Waals surface area contributed by atoms with Gasteiger partial charge in [0, 0.05) is 25.1 Å². The largest absolute Gasteiger partial charge is 0.378 e. The number of nitrogens with one attached hydrogen (secondary N) is 1. The number of sulfonamides is 1. The number of ether oxygens (including phenoxy) is 1. The summed E-state index contributed by atoms with van der Waals surface area (Å²) in [5.74, 6) is -0.123. The minimum atomic E-state index is -3.31. The number of rotatable bonds is 5. The lowest BCUT2D eigenvalue weighted by Gasteiger charge is -2.59. The Morgan fingerprint density at radius 2 is 1.91 bits per heavy atom. The lowest BCUT2D eigenvalue weighted by Crippen LogP contribution is -2.70. The average molecular weight is 346 g/mol. The molecule has 2 fully saturated rings. The first-order valence-corrected chi connectivity index (χ1v) is 9.92. The molecule has 0 spiro atoms. The Balaban J connectivity index is 2.12. The van der Waals surface area contributed by atoms with E-state index < -0.39 is 16.1 Å². The maximum absolute atomic E-state index is 12.8. The monoisotopic (exact) mass is 346 g/mol. The Hall–Kier alpha value is -0.660. The molecule has 1 amide bonds. The Kier molecular flexibility index (Phi) is 4.88. The summed E-state index contributed by atoms with van der Waals surface area (Å²) in [4.78, 5) is 12.8. The molecule has 6 nitrogen and oxygen atoms in total. The van der Waals surface area contributed by atoms with Crippen LogP contribution in [0.15, 0.2) is 0 Å². The van der Waals surface area contributed by atoms with Gasteiger partial charge in [0.1, 0.15) is 6.04 Å². The molecule has 1 saturated carbocycles. The lowest BCUT2D eigenvalue weighted by atomic mass is 9.55. The van der Waals surface area contributed by atoms with E-state index in [-0.39, 0.29) is 34.6 Å². The molecule has 1 heterocycles. The van der Waals surface area contributed by atoms with Crippen LogP contribution in [-0.2, 0) is 19.6 Å². The summed E-state index contributed by atoms with van der Waals surface area (Å²) in [5.41, 5.74) is -0.458. The van der Waals surface area contributed by atoms with Crippen molar-refractivity contribution in [1.29, 1.82) is 0 Å². The van der Waals surface area contributed by atoms with Gasteiger partial charge in [-0.2, -0.15) is 4.31 Å². The van der Waals surface area contributed by atoms with Crippen LogP contribution in [0.25, 0.3) is 0 Å². The van der Waals surface area contributed by atoms with E-state index in [2.05, 4.69) is 19.2 Å². The molecule has 0 aromatic carbocycles. The van der Waals surface area contributed by atoms with E-state index in [4.69, 9.17) is 4.74 Å². The summed E-state index contributed by atoms with van der Waals surface area (Å²) in [6, 6.07) is -0.640. The van der Waals surface area contributed by atoms with E-state index in [1.165, 1.54) is 4.31 Å². The second kappa shape index (κ2) is 6.01. The number of hydrogen-bond acceptors (Lipinski definition) is 4. The number of carbonyl (C=O) groups is 1. The van der Waals surface area contributed by atoms with Gasteiger partial charge in [0.05, 0.1) is 11.4 Å². The SMILES string of the molecule is CO[C@]1(C)C[C@@H](NC(=O)[C@@H](C(C)C)N2CCCS2(=O)=O)C1(C)C. The minimum Gasteiger partial charge on any atom is -0.378 e. The molecular formula is C16H30N2O4S. The van der Waals surface area contributed by atoms with Crippen LogP contribution in [0.2, 0.25) is 0 Å². The van der Waals surface area contributed by atoms with Crippen LogP contribution < -0.4 is 5.32 Å². The molecule has 2 rings (SSSR count). The third-order valence-electron chi connectivity index (χ3n) is 5.94. The highest BCUT2D eigenvalue weighted by Crippen LogP contribution is 2.51. The molecule has 134 valence electrons. The van der Waals surface area contributed by atoms with E-state index in [1.807, 2.05) is 20.8 Å². The Labute approximate surface area is 140 Å². The van der Waals surface area contributed by atoms with Gasteiger partial charge in [0.2, 0.25) is 15.9 Å². The summed E-state index contributed by atoms with van der Waals surface area (Å²) >= 11 is 0. The number of hydrogen-bond donors (Lipinski definition) is 1. The van der Waals surface area contributed by atoms with Crippen molar-refractivity contribution < 1.29 is 17.9 Å². The first-order chi connectivity index (χ1) is 10.5. The number of amides is 1. The fourth-order valence-corrected chi connectivity index (χ4v) is 5.54. The second-order valence-electron chi connectivity index (χ2n) is 7.89. The Morgan fingerprint density at radius 1 is 1.30 bits per heavy atom. The summed E-state index contributed by atoms with van der Waals surface area (Å²) in [5, 5.41) is 3.07. The highest BCUT2D eigenvalue weighted by atomic mass is 32.2. The summed E-state index contributed by atoms with van der Waals surface area (Å²) in [7, 11) is -1.62. The quantitative estimate of drug-likeness (QED) is 0.816. The summed E-state index contributed by atoms with van der Waals surface area (Å²) in [6.45, 7) is 10.4. The molecule has 0 radical (unpaired) electrons. The van der Waals surface area contributed by atoms with Gasteiger partial charge >= 0.3 is 0 Å². The van der Waals surface area contributed by atoms with E-state index in [0.717, 1.165) is 6.42 Å². The van der Waals surface area contributed by atoms with E-state index >= 15 is 0 Å². The van der Waals surface area contributed by atoms with Gasteiger partial charge in [0.15, 0.2) is 0 Å². The maximum atomic E-state index is 12.8. The number of methoxy groups -OCH3 is 1. The fraction of sp³-hybridized carbons (Fsp3) is 0.938. The van der Waals surface area contributed by atoms with Crippen molar-refractivity contribution in [3.05, 3.63) is 0 Å². The topological polar surface area (TPSA) is 75.7 Å². The molecule has 0 unspecified atom stereocenters. The molecule has 0 bridgehead atoms. The molecule has 7 heteroatoms. The van der Waals surface area contributed by atoms with Gasteiger partial charge in [-0.3, -0.25) is 4.79 Å². The molecule has 23 heavy (non-hydrogen) atoms. The summed E-state index contributed by atoms with van der Waals surface area (Å²) < 4.78 is 31.3. The number of carbonyl (C=O) groups excluding carboxylic acids is 1. The van der Waals surface area contributed by atoms with Gasteiger partial charge in [-0.25, -0.2) is 8.42 Å². The van der Waals surface area contributed by atoms with Crippen LogP contribution in [0.3, 0.4) is 0 Å². The van der Waals surface area contributed by atoms with E-state index in [1.54, 1.807) is 7.11 Å². The molecule has 1 aliphatic carbocycles. The van der Waals surface area contributed by atoms with Gasteiger partial charge < -0.3 is 10.1 Å². The van der Waals surface area contributed by atoms with Crippen LogP contribution in [0.1, 0.15) is 47.5 Å². The minimum absolute atomic E-state index is 0.00786. The van der Waals surface area contributed by atoms with Crippen molar-refractivity contribution in [2.75, 3.05) is 19.4 Å². The molecule has 2 aliphatic rings. The van der Waals surface area contributed by atoms with Gasteiger partial charge in [-0.1, -0.05) is 27.7 Å². The first-order valence-electron chi connectivity index (χ1n) is 8.31. The average Bonchev–Trinajstić information content (AvgIpc) is 2.77. The third-order valence-corrected chi connectivity index (χ3v) is 7.87. The Bertz CT molecular complexity index is 573. The Morgan fingerprint density at radius 3 is 2.30 bits per heavy atom. The third kappa shape index (κ3) is 3.03. The molecule has 3 atom stereocenters. The maximum Gasteiger partial charge on any atom is 0.238 e. The predicted octanol–water partition coefficient (Wildman–Crippen LogP) is 1.37. The van der Waals surface area contributed by atoms with Crippen LogP contribution in [0, 0.1) is 11.3 Å². The van der Waals surface area contributed by atoms with Crippen LogP contribution in [0.5, 0.6) is 0 Å². The highest BCUT2D eigenvalue weighted by Gasteiger charge is 2.58. The van der Waals surface area contributed by atoms with Crippen molar-refractivity contribution in [2.45, 2.75) is 65.1 Å². The van der Waals surface area contributed by atoms with Crippen molar-refractivity contribution in [3.63, 3.8) is 0 Å². The van der Waals surface area contributed by atoms with Gasteiger partial charge in [0.25, 0.3) is 0 Å². The van der Waals surface area contributed by atoms with Crippen molar-refractivity contribution in [3.8, 4) is 0 Å². The van der Waals surface area contributed by atoms with Crippen LogP contribution in [-0.4, -0.2) is 55.7 Å². The zero-order valence-corrected chi connectivity index (χ0v) is 15.9. The van der Waals surface area contributed by atoms with E-state index in [0.29, 0.717) is 13.0 Å². The molecule has 1 aliphatic heterocycles. The standard InChI is InChI=1S/C16H30N2O4S/c1-11(2)13(18-8-7-9-23(18,20)21)14(19)17-12-10-16(5,22-6)15(12,3)4/h11-13H,7-10H2,1-6H3,(H,17,19)/t12-,13-,16-/m1/s1. The molecular weight excluding hydrogens is 316 g/mol. The number of nitrogens with zero attached hydrogens (tertiary/aromatic N) is 1. The van der Waals surface area contributed by atoms with E-state index in [9.17, 15) is 13.2 Å². The zero-order valence-electron chi connectivity index (χ0n) is 15.0. The molecule has 0 aromatic rings. The summed E-state index contributed by atoms with van der Waals surface area (Å²) in [6.07, 6.45) is 1.33. The lowest BCUT2D eigenvalue weighted by molar-refractivity contribution is -0.183. The zero-order chi connectivity index (χ0) is 17.6. The first kappa shape index (κ1) is 18.7. The molecule has 0 aromatic heterocycles. The van der Waals surface area contributed by atoms with Crippen LogP contribution >= 0.6 is 0 Å². The normalized spacial score (nSPS) is 34.1. The predicted molar refractivity (Wildman–Crippen MR) is 89.5 cm³/mol. The van der Waals surface area contributed by atoms with Crippen LogP contribution in [0.4, 0.5) is 0 Å². The van der Waals surface area contributed by atoms with Crippen molar-refractivity contribution in [2.24, 2.45) is 11.3 Å². The smallest absolute Gasteiger partial charge is 0.238 e. The second-order valence-corrected chi connectivity index (χ2v) is 9.93. The van der Waals surface area contributed by atoms with Gasteiger partial charge in [-0.05, 0) is 25.7 Å². The van der Waals surface area contributed by atoms with Gasteiger partial charge in [-0.15, -0.1) is 0 Å². The fourth-order valence-electron chi connectivity index (χ4n) is 3.72. The molecule has 1 saturated heterocycles.